The SMILES string of the molecule is NS(=O)(=O)c1ccc(N2N=C(c3ccc(F)cc3)CCC2=O)cc1. The first-order valence-corrected chi connectivity index (χ1v) is 8.68. The molecule has 0 fully saturated rings. The Kier molecular flexibility index (Phi) is 4.16. The van der Waals surface area contributed by atoms with Crippen LogP contribution in [0.5, 0.6) is 0 Å². The number of carbonyl (C=O) groups is 1. The van der Waals surface area contributed by atoms with E-state index in [1.54, 1.807) is 12.1 Å². The number of halogens is 1. The molecule has 2 aromatic rings. The highest BCUT2D eigenvalue weighted by molar-refractivity contribution is 7.89. The molecule has 0 bridgehead atoms. The van der Waals surface area contributed by atoms with Crippen LogP contribution >= 0.6 is 0 Å². The minimum absolute atomic E-state index is 0.0431. The molecular weight excluding hydrogens is 333 g/mol. The third-order valence-corrected chi connectivity index (χ3v) is 4.55. The van der Waals surface area contributed by atoms with Crippen LogP contribution < -0.4 is 10.1 Å². The number of nitrogens with zero attached hydrogens (tertiary/aromatic N) is 2. The monoisotopic (exact) mass is 347 g/mol. The lowest BCUT2D eigenvalue weighted by Gasteiger charge is -2.23. The van der Waals surface area contributed by atoms with Crippen molar-refractivity contribution in [1.82, 2.24) is 0 Å². The van der Waals surface area contributed by atoms with Crippen LogP contribution in [0.2, 0.25) is 0 Å². The van der Waals surface area contributed by atoms with Crippen LogP contribution in [0.15, 0.2) is 58.5 Å². The molecule has 0 unspecified atom stereocenters. The molecule has 124 valence electrons. The van der Waals surface area contributed by atoms with E-state index in [1.807, 2.05) is 0 Å². The fraction of sp³-hybridized carbons (Fsp3) is 0.125. The van der Waals surface area contributed by atoms with Crippen molar-refractivity contribution in [3.63, 3.8) is 0 Å². The molecule has 3 rings (SSSR count). The predicted octanol–water partition coefficient (Wildman–Crippen LogP) is 2.00. The first-order valence-electron chi connectivity index (χ1n) is 7.14. The summed E-state index contributed by atoms with van der Waals surface area (Å²) in [5.74, 6) is -0.550. The molecule has 1 amide bonds. The molecule has 1 aliphatic heterocycles. The lowest BCUT2D eigenvalue weighted by Crippen LogP contribution is -2.31. The van der Waals surface area contributed by atoms with Crippen molar-refractivity contribution in [1.29, 1.82) is 0 Å². The smallest absolute Gasteiger partial charge is 0.247 e. The second kappa shape index (κ2) is 6.14. The van der Waals surface area contributed by atoms with E-state index in [0.29, 0.717) is 17.8 Å². The third kappa shape index (κ3) is 3.34. The van der Waals surface area contributed by atoms with Crippen LogP contribution in [-0.4, -0.2) is 20.0 Å². The summed E-state index contributed by atoms with van der Waals surface area (Å²) in [6, 6.07) is 11.4. The first-order chi connectivity index (χ1) is 11.3. The molecule has 0 saturated heterocycles. The van der Waals surface area contributed by atoms with Gasteiger partial charge in [-0.2, -0.15) is 5.10 Å². The second-order valence-electron chi connectivity index (χ2n) is 5.30. The predicted molar refractivity (Wildman–Crippen MR) is 87.5 cm³/mol. The van der Waals surface area contributed by atoms with Gasteiger partial charge in [0.1, 0.15) is 5.82 Å². The Bertz CT molecular complexity index is 907. The van der Waals surface area contributed by atoms with Crippen molar-refractivity contribution < 1.29 is 17.6 Å². The van der Waals surface area contributed by atoms with Gasteiger partial charge in [-0.15, -0.1) is 0 Å². The molecule has 1 heterocycles. The van der Waals surface area contributed by atoms with E-state index in [4.69, 9.17) is 5.14 Å². The topological polar surface area (TPSA) is 92.8 Å². The normalized spacial score (nSPS) is 15.3. The summed E-state index contributed by atoms with van der Waals surface area (Å²) in [5, 5.41) is 10.6. The number of anilines is 1. The van der Waals surface area contributed by atoms with Gasteiger partial charge in [-0.1, -0.05) is 12.1 Å². The van der Waals surface area contributed by atoms with E-state index in [2.05, 4.69) is 5.10 Å². The summed E-state index contributed by atoms with van der Waals surface area (Å²) in [4.78, 5) is 12.1. The molecule has 0 aromatic heterocycles. The molecule has 0 saturated carbocycles. The second-order valence-corrected chi connectivity index (χ2v) is 6.86. The van der Waals surface area contributed by atoms with Gasteiger partial charge in [-0.25, -0.2) is 23.0 Å². The minimum Gasteiger partial charge on any atom is -0.273 e. The van der Waals surface area contributed by atoms with Crippen molar-refractivity contribution in [2.24, 2.45) is 10.2 Å². The Morgan fingerprint density at radius 2 is 1.62 bits per heavy atom. The molecule has 0 atom stereocenters. The van der Waals surface area contributed by atoms with Crippen LogP contribution in [0.3, 0.4) is 0 Å². The van der Waals surface area contributed by atoms with Crippen molar-refractivity contribution in [3.8, 4) is 0 Å². The van der Waals surface area contributed by atoms with Crippen LogP contribution in [-0.2, 0) is 14.8 Å². The number of hydrogen-bond donors (Lipinski definition) is 1. The Hall–Kier alpha value is -2.58. The number of nitrogens with two attached hydrogens (primary N) is 1. The Labute approximate surface area is 138 Å². The molecule has 2 N–H and O–H groups in total. The summed E-state index contributed by atoms with van der Waals surface area (Å²) in [6.45, 7) is 0. The van der Waals surface area contributed by atoms with Crippen LogP contribution in [0.1, 0.15) is 18.4 Å². The van der Waals surface area contributed by atoms with E-state index < -0.39 is 10.0 Å². The summed E-state index contributed by atoms with van der Waals surface area (Å²) >= 11 is 0. The highest BCUT2D eigenvalue weighted by Crippen LogP contribution is 2.23. The lowest BCUT2D eigenvalue weighted by atomic mass is 10.0. The van der Waals surface area contributed by atoms with Gasteiger partial charge in [0, 0.05) is 12.8 Å². The molecule has 0 spiro atoms. The van der Waals surface area contributed by atoms with E-state index in [9.17, 15) is 17.6 Å². The molecule has 2 aromatic carbocycles. The largest absolute Gasteiger partial charge is 0.273 e. The number of benzene rings is 2. The van der Waals surface area contributed by atoms with Crippen molar-refractivity contribution >= 4 is 27.3 Å². The first kappa shape index (κ1) is 16.3. The van der Waals surface area contributed by atoms with E-state index in [1.165, 1.54) is 41.4 Å². The number of amides is 1. The van der Waals surface area contributed by atoms with Gasteiger partial charge in [0.15, 0.2) is 0 Å². The zero-order chi connectivity index (χ0) is 17.3. The Morgan fingerprint density at radius 1 is 1.00 bits per heavy atom. The van der Waals surface area contributed by atoms with Gasteiger partial charge in [0.25, 0.3) is 0 Å². The number of primary sulfonamides is 1. The van der Waals surface area contributed by atoms with Gasteiger partial charge in [0.05, 0.1) is 16.3 Å². The highest BCUT2D eigenvalue weighted by Gasteiger charge is 2.23. The fourth-order valence-electron chi connectivity index (χ4n) is 2.38. The molecule has 8 heteroatoms. The number of carbonyl (C=O) groups excluding carboxylic acids is 1. The van der Waals surface area contributed by atoms with Gasteiger partial charge >= 0.3 is 0 Å². The fourth-order valence-corrected chi connectivity index (χ4v) is 2.90. The summed E-state index contributed by atoms with van der Waals surface area (Å²) < 4.78 is 35.6. The van der Waals surface area contributed by atoms with Crippen molar-refractivity contribution in [2.75, 3.05) is 5.01 Å². The van der Waals surface area contributed by atoms with Gasteiger partial charge in [0.2, 0.25) is 15.9 Å². The Balaban J connectivity index is 1.95. The summed E-state index contributed by atoms with van der Waals surface area (Å²) in [7, 11) is -3.80. The molecule has 0 radical (unpaired) electrons. The minimum atomic E-state index is -3.80. The average molecular weight is 347 g/mol. The maximum Gasteiger partial charge on any atom is 0.247 e. The lowest BCUT2D eigenvalue weighted by molar-refractivity contribution is -0.118. The highest BCUT2D eigenvalue weighted by atomic mass is 32.2. The van der Waals surface area contributed by atoms with Crippen LogP contribution in [0.4, 0.5) is 10.1 Å². The summed E-state index contributed by atoms with van der Waals surface area (Å²) in [6.07, 6.45) is 0.712. The molecular formula is C16H14FN3O3S. The number of rotatable bonds is 3. The van der Waals surface area contributed by atoms with Crippen LogP contribution in [0, 0.1) is 5.82 Å². The van der Waals surface area contributed by atoms with E-state index >= 15 is 0 Å². The van der Waals surface area contributed by atoms with E-state index in [0.717, 1.165) is 5.56 Å². The average Bonchev–Trinajstić information content (AvgIpc) is 2.55. The zero-order valence-corrected chi connectivity index (χ0v) is 13.3. The van der Waals surface area contributed by atoms with Crippen molar-refractivity contribution in [3.05, 3.63) is 59.9 Å². The van der Waals surface area contributed by atoms with Gasteiger partial charge in [-0.3, -0.25) is 4.79 Å². The molecule has 1 aliphatic rings. The van der Waals surface area contributed by atoms with E-state index in [-0.39, 0.29) is 23.0 Å². The number of hydrogen-bond acceptors (Lipinski definition) is 4. The number of hydrazone groups is 1. The maximum absolute atomic E-state index is 13.0. The summed E-state index contributed by atoms with van der Waals surface area (Å²) in [5.41, 5.74) is 1.83. The standard InChI is InChI=1S/C16H14FN3O3S/c17-12-3-1-11(2-4-12)15-9-10-16(21)20(19-15)13-5-7-14(8-6-13)24(18,22)23/h1-8H,9-10H2,(H2,18,22,23). The van der Waals surface area contributed by atoms with Gasteiger partial charge < -0.3 is 0 Å². The Morgan fingerprint density at radius 3 is 2.21 bits per heavy atom. The quantitative estimate of drug-likeness (QED) is 0.920. The van der Waals surface area contributed by atoms with Crippen molar-refractivity contribution in [2.45, 2.75) is 17.7 Å². The molecule has 24 heavy (non-hydrogen) atoms. The van der Waals surface area contributed by atoms with Crippen LogP contribution in [0.25, 0.3) is 0 Å². The van der Waals surface area contributed by atoms with Gasteiger partial charge in [-0.05, 0) is 42.0 Å². The molecule has 0 aliphatic carbocycles. The molecule has 6 nitrogen and oxygen atoms in total. The number of sulfonamides is 1. The maximum atomic E-state index is 13.0. The zero-order valence-electron chi connectivity index (χ0n) is 12.5. The third-order valence-electron chi connectivity index (χ3n) is 3.62.